The molecule has 2 nitrogen and oxygen atoms in total. The van der Waals surface area contributed by atoms with Crippen molar-refractivity contribution in [3.63, 3.8) is 0 Å². The normalized spacial score (nSPS) is 12.6. The first-order valence-corrected chi connectivity index (χ1v) is 22.6. The van der Waals surface area contributed by atoms with E-state index in [4.69, 9.17) is 4.42 Å². The van der Waals surface area contributed by atoms with Crippen molar-refractivity contribution < 1.29 is 4.42 Å². The van der Waals surface area contributed by atoms with E-state index < -0.39 is 5.41 Å². The van der Waals surface area contributed by atoms with Gasteiger partial charge in [-0.15, -0.1) is 0 Å². The largest absolute Gasteiger partial charge is 0.456 e. The molecule has 1 heterocycles. The lowest BCUT2D eigenvalue weighted by Gasteiger charge is -2.34. The molecule has 10 aromatic carbocycles. The van der Waals surface area contributed by atoms with E-state index in [1.807, 2.05) is 0 Å². The molecule has 11 aromatic rings. The Hall–Kier alpha value is -8.20. The maximum atomic E-state index is 6.63. The number of benzene rings is 10. The topological polar surface area (TPSA) is 16.4 Å². The van der Waals surface area contributed by atoms with Crippen LogP contribution < -0.4 is 4.90 Å². The van der Waals surface area contributed by atoms with Crippen LogP contribution in [0.4, 0.5) is 17.1 Å². The third-order valence-electron chi connectivity index (χ3n) is 13.5. The standard InChI is InChI=1S/C63H45NO/c1-5-21-44(22-6-1)41-46-25-13-14-30-51(46)52-40-39-50(43-47(52)42-45-23-7-2-8-24-45)64(58-36-20-38-60-62(58)54-32-16-18-37-59(54)65-60)57-35-19-34-56-61(57)53-31-15-17-33-55(53)63(56,48-26-9-3-10-27-48)49-28-11-4-12-29-49/h1-40,43H,41-42H2. The van der Waals surface area contributed by atoms with Gasteiger partial charge in [0.15, 0.2) is 0 Å². The number of fused-ring (bicyclic) bond motifs is 6. The highest BCUT2D eigenvalue weighted by Gasteiger charge is 2.47. The lowest BCUT2D eigenvalue weighted by molar-refractivity contribution is 0.669. The van der Waals surface area contributed by atoms with Crippen LogP contribution >= 0.6 is 0 Å². The first kappa shape index (κ1) is 38.5. The van der Waals surface area contributed by atoms with Crippen molar-refractivity contribution in [2.75, 3.05) is 4.90 Å². The molecule has 0 amide bonds. The highest BCUT2D eigenvalue weighted by molar-refractivity contribution is 6.14. The first-order valence-electron chi connectivity index (χ1n) is 22.6. The molecule has 1 aromatic heterocycles. The zero-order valence-corrected chi connectivity index (χ0v) is 35.9. The summed E-state index contributed by atoms with van der Waals surface area (Å²) in [6.45, 7) is 0. The molecule has 0 spiro atoms. The van der Waals surface area contributed by atoms with Gasteiger partial charge in [0, 0.05) is 16.6 Å². The smallest absolute Gasteiger partial charge is 0.137 e. The molecule has 308 valence electrons. The van der Waals surface area contributed by atoms with E-state index in [0.717, 1.165) is 51.8 Å². The van der Waals surface area contributed by atoms with Crippen LogP contribution in [0.1, 0.15) is 44.5 Å². The van der Waals surface area contributed by atoms with Crippen LogP contribution in [0, 0.1) is 0 Å². The second kappa shape index (κ2) is 16.2. The van der Waals surface area contributed by atoms with Gasteiger partial charge >= 0.3 is 0 Å². The molecule has 0 N–H and O–H groups in total. The number of anilines is 3. The summed E-state index contributed by atoms with van der Waals surface area (Å²) in [5.41, 5.74) is 19.6. The Balaban J connectivity index is 1.15. The minimum absolute atomic E-state index is 0.546. The molecular formula is C63H45NO. The molecule has 0 radical (unpaired) electrons. The van der Waals surface area contributed by atoms with Crippen molar-refractivity contribution in [2.24, 2.45) is 0 Å². The van der Waals surface area contributed by atoms with E-state index in [0.29, 0.717) is 0 Å². The highest BCUT2D eigenvalue weighted by atomic mass is 16.3. The van der Waals surface area contributed by atoms with Crippen molar-refractivity contribution in [1.82, 2.24) is 0 Å². The van der Waals surface area contributed by atoms with Gasteiger partial charge in [-0.2, -0.15) is 0 Å². The van der Waals surface area contributed by atoms with Gasteiger partial charge < -0.3 is 9.32 Å². The molecule has 0 unspecified atom stereocenters. The minimum Gasteiger partial charge on any atom is -0.456 e. The SMILES string of the molecule is c1ccc(Cc2ccccc2-c2ccc(N(c3cccc4c3-c3ccccc3C4(c3ccccc3)c3ccccc3)c3cccc4oc5ccccc5c34)cc2Cc2ccccc2)cc1. The summed E-state index contributed by atoms with van der Waals surface area (Å²) in [5, 5.41) is 2.18. The van der Waals surface area contributed by atoms with Crippen molar-refractivity contribution in [3.05, 3.63) is 293 Å². The lowest BCUT2D eigenvalue weighted by Crippen LogP contribution is -2.28. The van der Waals surface area contributed by atoms with E-state index in [9.17, 15) is 0 Å². The van der Waals surface area contributed by atoms with E-state index in [2.05, 4.69) is 254 Å². The van der Waals surface area contributed by atoms with E-state index >= 15 is 0 Å². The van der Waals surface area contributed by atoms with Gasteiger partial charge in [-0.25, -0.2) is 0 Å². The molecule has 0 bridgehead atoms. The van der Waals surface area contributed by atoms with Crippen molar-refractivity contribution in [2.45, 2.75) is 18.3 Å². The fourth-order valence-corrected chi connectivity index (χ4v) is 10.7. The molecule has 0 saturated heterocycles. The van der Waals surface area contributed by atoms with E-state index in [1.54, 1.807) is 0 Å². The molecule has 0 aliphatic heterocycles. The minimum atomic E-state index is -0.546. The van der Waals surface area contributed by atoms with Crippen LogP contribution in [-0.2, 0) is 18.3 Å². The highest BCUT2D eigenvalue weighted by Crippen LogP contribution is 2.60. The van der Waals surface area contributed by atoms with E-state index in [-0.39, 0.29) is 0 Å². The van der Waals surface area contributed by atoms with Gasteiger partial charge in [0.2, 0.25) is 0 Å². The van der Waals surface area contributed by atoms with Crippen LogP contribution in [0.2, 0.25) is 0 Å². The Morgan fingerprint density at radius 1 is 0.369 bits per heavy atom. The third kappa shape index (κ3) is 6.49. The number of hydrogen-bond donors (Lipinski definition) is 0. The van der Waals surface area contributed by atoms with Gasteiger partial charge in [0.25, 0.3) is 0 Å². The molecule has 2 heteroatoms. The lowest BCUT2D eigenvalue weighted by atomic mass is 9.68. The number of nitrogens with zero attached hydrogens (tertiary/aromatic N) is 1. The Labute approximate surface area is 380 Å². The summed E-state index contributed by atoms with van der Waals surface area (Å²) in [5.74, 6) is 0. The fraction of sp³-hybridized carbons (Fsp3) is 0.0476. The Morgan fingerprint density at radius 3 is 1.62 bits per heavy atom. The average Bonchev–Trinajstić information content (AvgIpc) is 3.91. The maximum Gasteiger partial charge on any atom is 0.137 e. The van der Waals surface area contributed by atoms with Crippen molar-refractivity contribution in [3.8, 4) is 22.3 Å². The van der Waals surface area contributed by atoms with Crippen LogP contribution in [-0.4, -0.2) is 0 Å². The summed E-state index contributed by atoms with van der Waals surface area (Å²) in [6.07, 6.45) is 1.63. The quantitative estimate of drug-likeness (QED) is 0.136. The molecule has 0 fully saturated rings. The number of rotatable bonds is 10. The van der Waals surface area contributed by atoms with E-state index in [1.165, 1.54) is 66.8 Å². The molecule has 1 aliphatic carbocycles. The summed E-state index contributed by atoms with van der Waals surface area (Å²) in [6, 6.07) is 90.9. The van der Waals surface area contributed by atoms with Gasteiger partial charge in [-0.1, -0.05) is 212 Å². The fourth-order valence-electron chi connectivity index (χ4n) is 10.7. The summed E-state index contributed by atoms with van der Waals surface area (Å²) in [4.78, 5) is 2.51. The molecule has 65 heavy (non-hydrogen) atoms. The van der Waals surface area contributed by atoms with Gasteiger partial charge in [0.1, 0.15) is 11.2 Å². The third-order valence-corrected chi connectivity index (χ3v) is 13.5. The molecule has 0 saturated carbocycles. The average molecular weight is 832 g/mol. The molecule has 12 rings (SSSR count). The number of furan rings is 1. The van der Waals surface area contributed by atoms with Crippen LogP contribution in [0.15, 0.2) is 253 Å². The molecule has 1 aliphatic rings. The first-order chi connectivity index (χ1) is 32.3. The molecule has 0 atom stereocenters. The number of para-hydroxylation sites is 1. The Kier molecular flexibility index (Phi) is 9.57. The Morgan fingerprint density at radius 2 is 0.892 bits per heavy atom. The van der Waals surface area contributed by atoms with Crippen LogP contribution in [0.25, 0.3) is 44.2 Å². The second-order valence-corrected chi connectivity index (χ2v) is 17.1. The Bertz CT molecular complexity index is 3440. The summed E-state index contributed by atoms with van der Waals surface area (Å²) < 4.78 is 6.63. The predicted octanol–water partition coefficient (Wildman–Crippen LogP) is 16.3. The van der Waals surface area contributed by atoms with Crippen molar-refractivity contribution >= 4 is 39.0 Å². The maximum absolute atomic E-state index is 6.63. The van der Waals surface area contributed by atoms with Gasteiger partial charge in [0.05, 0.1) is 22.2 Å². The van der Waals surface area contributed by atoms with Crippen molar-refractivity contribution in [1.29, 1.82) is 0 Å². The molecular weight excluding hydrogens is 787 g/mol. The predicted molar refractivity (Wildman–Crippen MR) is 270 cm³/mol. The van der Waals surface area contributed by atoms with Gasteiger partial charge in [-0.05, 0) is 110 Å². The second-order valence-electron chi connectivity index (χ2n) is 17.1. The summed E-state index contributed by atoms with van der Waals surface area (Å²) in [7, 11) is 0. The summed E-state index contributed by atoms with van der Waals surface area (Å²) >= 11 is 0. The monoisotopic (exact) mass is 831 g/mol. The van der Waals surface area contributed by atoms with Gasteiger partial charge in [-0.3, -0.25) is 0 Å². The van der Waals surface area contributed by atoms with Crippen LogP contribution in [0.3, 0.4) is 0 Å². The zero-order chi connectivity index (χ0) is 43.2. The van der Waals surface area contributed by atoms with Crippen LogP contribution in [0.5, 0.6) is 0 Å². The zero-order valence-electron chi connectivity index (χ0n) is 35.9. The number of hydrogen-bond acceptors (Lipinski definition) is 2.